The Balaban J connectivity index is 3.46. The smallest absolute Gasteiger partial charge is 0.270 e. The van der Waals surface area contributed by atoms with Gasteiger partial charge in [0.05, 0.1) is 12.4 Å². The zero-order valence-corrected chi connectivity index (χ0v) is 9.77. The summed E-state index contributed by atoms with van der Waals surface area (Å²) >= 11 is 5.50. The highest BCUT2D eigenvalue weighted by Crippen LogP contribution is 2.26. The zero-order chi connectivity index (χ0) is 14.1. The number of halogens is 1. The Kier molecular flexibility index (Phi) is 3.04. The molecule has 0 aromatic heterocycles. The van der Waals surface area contributed by atoms with Gasteiger partial charge in [0.15, 0.2) is 0 Å². The van der Waals surface area contributed by atoms with Gasteiger partial charge in [0.25, 0.3) is 5.69 Å². The summed E-state index contributed by atoms with van der Waals surface area (Å²) in [5.41, 5.74) is -0.285. The van der Waals surface area contributed by atoms with Gasteiger partial charge in [-0.25, -0.2) is 0 Å². The molecular weight excluding hydrogens is 237 g/mol. The third-order valence-electron chi connectivity index (χ3n) is 1.82. The fourth-order valence-electron chi connectivity index (χ4n) is 1.04. The Morgan fingerprint density at radius 3 is 2.93 bits per heavy atom. The first kappa shape index (κ1) is 8.45. The first-order valence-electron chi connectivity index (χ1n) is 5.45. The molecule has 1 aromatic carbocycles. The first-order valence-corrected chi connectivity index (χ1v) is 4.80. The van der Waals surface area contributed by atoms with E-state index in [9.17, 15) is 10.1 Å². The molecule has 0 aliphatic carbocycles. The van der Waals surface area contributed by atoms with Crippen molar-refractivity contribution in [2.45, 2.75) is 18.8 Å². The van der Waals surface area contributed by atoms with E-state index in [4.69, 9.17) is 20.2 Å². The SMILES string of the molecule is [2H]C([2H])(Cl)c1cc([N+](=O)[O-])cc(C([2H])(C)OP)c1. The van der Waals surface area contributed by atoms with Gasteiger partial charge in [0.1, 0.15) is 0 Å². The molecule has 0 fully saturated rings. The number of non-ortho nitro benzene ring substituents is 1. The summed E-state index contributed by atoms with van der Waals surface area (Å²) in [6, 6.07) is 3.47. The van der Waals surface area contributed by atoms with Gasteiger partial charge in [0.2, 0.25) is 0 Å². The lowest BCUT2D eigenvalue weighted by molar-refractivity contribution is -0.385. The summed E-state index contributed by atoms with van der Waals surface area (Å²) in [7, 11) is 1.90. The van der Waals surface area contributed by atoms with E-state index >= 15 is 0 Å². The number of benzene rings is 1. The predicted molar refractivity (Wildman–Crippen MR) is 61.9 cm³/mol. The molecule has 0 spiro atoms. The standard InChI is InChI=1S/C9H11ClNO3P/c1-6(14-15)8-2-7(5-10)3-9(4-8)11(12)13/h2-4,6H,5,15H2,1H3/i5D2,6D. The van der Waals surface area contributed by atoms with E-state index in [1.54, 1.807) is 0 Å². The molecule has 15 heavy (non-hydrogen) atoms. The molecule has 2 unspecified atom stereocenters. The summed E-state index contributed by atoms with van der Waals surface area (Å²) in [4.78, 5) is 10.1. The Bertz CT molecular complexity index is 479. The van der Waals surface area contributed by atoms with Crippen LogP contribution in [0.25, 0.3) is 0 Å². The molecule has 6 heteroatoms. The Labute approximate surface area is 99.2 Å². The van der Waals surface area contributed by atoms with E-state index in [2.05, 4.69) is 0 Å². The molecule has 1 aromatic rings. The lowest BCUT2D eigenvalue weighted by Crippen LogP contribution is -1.97. The lowest BCUT2D eigenvalue weighted by Gasteiger charge is -2.10. The van der Waals surface area contributed by atoms with Gasteiger partial charge in [0, 0.05) is 30.2 Å². The number of nitro benzene ring substituents is 1. The van der Waals surface area contributed by atoms with E-state index in [1.165, 1.54) is 13.0 Å². The maximum Gasteiger partial charge on any atom is 0.270 e. The van der Waals surface area contributed by atoms with Crippen molar-refractivity contribution in [2.24, 2.45) is 0 Å². The number of alkyl halides is 1. The largest absolute Gasteiger partial charge is 0.358 e. The van der Waals surface area contributed by atoms with E-state index in [-0.39, 0.29) is 16.8 Å². The molecule has 0 saturated heterocycles. The van der Waals surface area contributed by atoms with Crippen LogP contribution in [0.4, 0.5) is 5.69 Å². The quantitative estimate of drug-likeness (QED) is 0.357. The molecule has 82 valence electrons. The lowest BCUT2D eigenvalue weighted by atomic mass is 10.1. The van der Waals surface area contributed by atoms with Crippen LogP contribution in [-0.2, 0) is 10.4 Å². The third-order valence-corrected chi connectivity index (χ3v) is 2.39. The molecule has 0 N–H and O–H groups in total. The van der Waals surface area contributed by atoms with Crippen LogP contribution in [0.2, 0.25) is 0 Å². The highest BCUT2D eigenvalue weighted by atomic mass is 35.5. The van der Waals surface area contributed by atoms with Crippen LogP contribution in [0.3, 0.4) is 0 Å². The highest BCUT2D eigenvalue weighted by Gasteiger charge is 2.13. The number of nitro groups is 1. The van der Waals surface area contributed by atoms with Gasteiger partial charge < -0.3 is 4.52 Å². The molecular formula is C9H11ClNO3P. The predicted octanol–water partition coefficient (Wildman–Crippen LogP) is 3.20. The molecule has 1 rings (SSSR count). The summed E-state index contributed by atoms with van der Waals surface area (Å²) < 4.78 is 27.4. The molecule has 0 aliphatic heterocycles. The fraction of sp³-hybridized carbons (Fsp3) is 0.333. The second-order valence-electron chi connectivity index (χ2n) is 2.79. The minimum absolute atomic E-state index is 0.0890. The van der Waals surface area contributed by atoms with Gasteiger partial charge in [-0.15, -0.1) is 11.6 Å². The maximum atomic E-state index is 10.8. The zero-order valence-electron chi connectivity index (χ0n) is 10.9. The van der Waals surface area contributed by atoms with Gasteiger partial charge in [-0.3, -0.25) is 10.1 Å². The second-order valence-corrected chi connectivity index (χ2v) is 3.22. The number of hydrogen-bond acceptors (Lipinski definition) is 3. The summed E-state index contributed by atoms with van der Waals surface area (Å²) in [5.74, 6) is -2.25. The van der Waals surface area contributed by atoms with Crippen molar-refractivity contribution in [1.29, 1.82) is 0 Å². The van der Waals surface area contributed by atoms with Crippen LogP contribution in [0.5, 0.6) is 0 Å². The number of rotatable bonds is 4. The molecule has 0 amide bonds. The Hall–Kier alpha value is -0.700. The van der Waals surface area contributed by atoms with Crippen molar-refractivity contribution in [3.8, 4) is 0 Å². The second kappa shape index (κ2) is 5.40. The van der Waals surface area contributed by atoms with Crippen molar-refractivity contribution in [3.63, 3.8) is 0 Å². The van der Waals surface area contributed by atoms with Crippen LogP contribution in [-0.4, -0.2) is 4.92 Å². The van der Waals surface area contributed by atoms with Crippen molar-refractivity contribution in [2.75, 3.05) is 0 Å². The summed E-state index contributed by atoms with van der Waals surface area (Å²) in [5, 5.41) is 10.8. The van der Waals surface area contributed by atoms with E-state index in [1.807, 2.05) is 9.47 Å². The van der Waals surface area contributed by atoms with E-state index in [0.29, 0.717) is 0 Å². The normalized spacial score (nSPS) is 18.5. The van der Waals surface area contributed by atoms with Crippen LogP contribution in [0.15, 0.2) is 18.2 Å². The van der Waals surface area contributed by atoms with Crippen molar-refractivity contribution in [1.82, 2.24) is 0 Å². The minimum atomic E-state index is -2.25. The molecule has 2 atom stereocenters. The average molecular weight is 251 g/mol. The topological polar surface area (TPSA) is 52.4 Å². The first-order chi connectivity index (χ1) is 8.08. The highest BCUT2D eigenvalue weighted by molar-refractivity contribution is 7.09. The monoisotopic (exact) mass is 250 g/mol. The molecule has 0 bridgehead atoms. The van der Waals surface area contributed by atoms with Gasteiger partial charge in [-0.05, 0) is 18.1 Å². The van der Waals surface area contributed by atoms with Gasteiger partial charge in [-0.1, -0.05) is 6.07 Å². The molecule has 4 nitrogen and oxygen atoms in total. The van der Waals surface area contributed by atoms with Crippen molar-refractivity contribution in [3.05, 3.63) is 39.4 Å². The maximum absolute atomic E-state index is 10.8. The van der Waals surface area contributed by atoms with Crippen LogP contribution < -0.4 is 0 Å². The Morgan fingerprint density at radius 2 is 2.47 bits per heavy atom. The fourth-order valence-corrected chi connectivity index (χ4v) is 1.29. The van der Waals surface area contributed by atoms with Crippen LogP contribution in [0, 0.1) is 10.1 Å². The van der Waals surface area contributed by atoms with E-state index < -0.39 is 16.8 Å². The Morgan fingerprint density at radius 1 is 1.80 bits per heavy atom. The summed E-state index contributed by atoms with van der Waals surface area (Å²) in [6.45, 7) is 1.38. The number of nitrogens with zero attached hydrogens (tertiary/aromatic N) is 1. The van der Waals surface area contributed by atoms with Crippen LogP contribution in [0.1, 0.15) is 28.2 Å². The van der Waals surface area contributed by atoms with Gasteiger partial charge in [-0.2, -0.15) is 0 Å². The molecule has 0 radical (unpaired) electrons. The number of hydrogen-bond donors (Lipinski definition) is 0. The molecule has 0 aliphatic rings. The van der Waals surface area contributed by atoms with E-state index in [0.717, 1.165) is 12.1 Å². The average Bonchev–Trinajstić information content (AvgIpc) is 2.27. The van der Waals surface area contributed by atoms with Crippen molar-refractivity contribution >= 4 is 26.8 Å². The third kappa shape index (κ3) is 3.13. The molecule has 0 heterocycles. The summed E-state index contributed by atoms with van der Waals surface area (Å²) in [6.07, 6.45) is -1.55. The van der Waals surface area contributed by atoms with Crippen molar-refractivity contribution < 1.29 is 13.6 Å². The molecule has 0 saturated carbocycles. The van der Waals surface area contributed by atoms with Crippen LogP contribution >= 0.6 is 21.1 Å². The minimum Gasteiger partial charge on any atom is -0.358 e. The van der Waals surface area contributed by atoms with Gasteiger partial charge >= 0.3 is 0 Å².